The molecule has 0 amide bonds. The summed E-state index contributed by atoms with van der Waals surface area (Å²) in [4.78, 5) is 21.7. The van der Waals surface area contributed by atoms with E-state index in [0.29, 0.717) is 16.7 Å². The van der Waals surface area contributed by atoms with Crippen molar-refractivity contribution in [1.29, 1.82) is 0 Å². The van der Waals surface area contributed by atoms with E-state index >= 15 is 0 Å². The molecule has 3 aromatic rings. The maximum absolute atomic E-state index is 13.0. The van der Waals surface area contributed by atoms with E-state index in [2.05, 4.69) is 15.1 Å². The van der Waals surface area contributed by atoms with E-state index in [0.717, 1.165) is 5.82 Å². The minimum Gasteiger partial charge on any atom is -0.494 e. The van der Waals surface area contributed by atoms with Gasteiger partial charge in [0.15, 0.2) is 0 Å². The Morgan fingerprint density at radius 3 is 2.61 bits per heavy atom. The van der Waals surface area contributed by atoms with Crippen molar-refractivity contribution in [2.45, 2.75) is 19.9 Å². The van der Waals surface area contributed by atoms with Gasteiger partial charge in [-0.25, -0.2) is 9.97 Å². The SMILES string of the molecule is COc1cccc2c(=O)n(C(c3ncnn3C)C(C)C)cnc12. The predicted molar refractivity (Wildman–Crippen MR) is 86.5 cm³/mol. The molecule has 0 aliphatic rings. The van der Waals surface area contributed by atoms with Gasteiger partial charge in [-0.05, 0) is 18.1 Å². The summed E-state index contributed by atoms with van der Waals surface area (Å²) < 4.78 is 8.59. The summed E-state index contributed by atoms with van der Waals surface area (Å²) >= 11 is 0. The number of aromatic nitrogens is 5. The molecule has 2 heterocycles. The van der Waals surface area contributed by atoms with Crippen LogP contribution in [0, 0.1) is 5.92 Å². The first-order chi connectivity index (χ1) is 11.0. The quantitative estimate of drug-likeness (QED) is 0.734. The molecule has 7 heteroatoms. The summed E-state index contributed by atoms with van der Waals surface area (Å²) in [5, 5.41) is 4.64. The van der Waals surface area contributed by atoms with Crippen LogP contribution in [0.15, 0.2) is 35.6 Å². The van der Waals surface area contributed by atoms with Gasteiger partial charge in [0.25, 0.3) is 5.56 Å². The Balaban J connectivity index is 2.25. The number of hydrogen-bond acceptors (Lipinski definition) is 5. The highest BCUT2D eigenvalue weighted by Crippen LogP contribution is 2.25. The molecule has 2 aromatic heterocycles. The van der Waals surface area contributed by atoms with Crippen LogP contribution in [0.5, 0.6) is 5.75 Å². The molecule has 7 nitrogen and oxygen atoms in total. The average molecular weight is 313 g/mol. The van der Waals surface area contributed by atoms with Crippen LogP contribution in [0.3, 0.4) is 0 Å². The molecular formula is C16H19N5O2. The van der Waals surface area contributed by atoms with Crippen LogP contribution >= 0.6 is 0 Å². The largest absolute Gasteiger partial charge is 0.494 e. The number of nitrogens with zero attached hydrogens (tertiary/aromatic N) is 5. The first-order valence-corrected chi connectivity index (χ1v) is 7.42. The molecule has 3 rings (SSSR count). The minimum absolute atomic E-state index is 0.115. The molecular weight excluding hydrogens is 294 g/mol. The molecule has 1 atom stereocenters. The maximum atomic E-state index is 13.0. The number of aryl methyl sites for hydroxylation is 1. The molecule has 1 aromatic carbocycles. The van der Waals surface area contributed by atoms with E-state index in [1.54, 1.807) is 40.9 Å². The van der Waals surface area contributed by atoms with Crippen molar-refractivity contribution in [2.24, 2.45) is 13.0 Å². The fourth-order valence-corrected chi connectivity index (χ4v) is 2.82. The van der Waals surface area contributed by atoms with Crippen LogP contribution in [-0.4, -0.2) is 31.4 Å². The molecule has 0 fully saturated rings. The third kappa shape index (κ3) is 2.48. The van der Waals surface area contributed by atoms with Gasteiger partial charge in [0.2, 0.25) is 0 Å². The predicted octanol–water partition coefficient (Wildman–Crippen LogP) is 1.78. The topological polar surface area (TPSA) is 74.8 Å². The lowest BCUT2D eigenvalue weighted by molar-refractivity contribution is 0.391. The van der Waals surface area contributed by atoms with Crippen molar-refractivity contribution in [2.75, 3.05) is 7.11 Å². The molecule has 0 radical (unpaired) electrons. The van der Waals surface area contributed by atoms with Crippen LogP contribution in [0.4, 0.5) is 0 Å². The molecule has 120 valence electrons. The molecule has 0 spiro atoms. The standard InChI is InChI=1S/C16H19N5O2/c1-10(2)14(15-17-8-19-20(15)3)21-9-18-13-11(16(21)22)6-5-7-12(13)23-4/h5-10,14H,1-4H3. The second kappa shape index (κ2) is 5.83. The second-order valence-electron chi connectivity index (χ2n) is 5.74. The Labute approximate surface area is 133 Å². The van der Waals surface area contributed by atoms with Crippen molar-refractivity contribution >= 4 is 10.9 Å². The summed E-state index contributed by atoms with van der Waals surface area (Å²) in [6, 6.07) is 5.11. The summed E-state index contributed by atoms with van der Waals surface area (Å²) in [6.45, 7) is 4.09. The number of ether oxygens (including phenoxy) is 1. The molecule has 0 saturated heterocycles. The number of benzene rings is 1. The molecule has 1 unspecified atom stereocenters. The molecule has 0 bridgehead atoms. The number of hydrogen-bond donors (Lipinski definition) is 0. The van der Waals surface area contributed by atoms with E-state index in [1.165, 1.54) is 6.33 Å². The van der Waals surface area contributed by atoms with Gasteiger partial charge in [0, 0.05) is 7.05 Å². The van der Waals surface area contributed by atoms with Crippen molar-refractivity contribution in [3.05, 3.63) is 47.0 Å². The van der Waals surface area contributed by atoms with Crippen molar-refractivity contribution in [1.82, 2.24) is 24.3 Å². The van der Waals surface area contributed by atoms with Gasteiger partial charge >= 0.3 is 0 Å². The Bertz CT molecular complexity index is 897. The molecule has 0 aliphatic carbocycles. The van der Waals surface area contributed by atoms with E-state index < -0.39 is 0 Å². The number of para-hydroxylation sites is 1. The van der Waals surface area contributed by atoms with Gasteiger partial charge in [-0.15, -0.1) is 0 Å². The molecule has 0 N–H and O–H groups in total. The Morgan fingerprint density at radius 1 is 1.22 bits per heavy atom. The number of rotatable bonds is 4. The van der Waals surface area contributed by atoms with Gasteiger partial charge in [0.05, 0.1) is 24.9 Å². The van der Waals surface area contributed by atoms with Crippen LogP contribution in [0.25, 0.3) is 10.9 Å². The number of fused-ring (bicyclic) bond motifs is 1. The van der Waals surface area contributed by atoms with Crippen LogP contribution in [-0.2, 0) is 7.05 Å². The third-order valence-corrected chi connectivity index (χ3v) is 3.94. The zero-order chi connectivity index (χ0) is 16.6. The van der Waals surface area contributed by atoms with Gasteiger partial charge in [-0.1, -0.05) is 19.9 Å². The third-order valence-electron chi connectivity index (χ3n) is 3.94. The van der Waals surface area contributed by atoms with E-state index in [-0.39, 0.29) is 17.5 Å². The van der Waals surface area contributed by atoms with Crippen molar-refractivity contribution < 1.29 is 4.74 Å². The average Bonchev–Trinajstić information content (AvgIpc) is 2.95. The van der Waals surface area contributed by atoms with Gasteiger partial charge < -0.3 is 4.74 Å². The van der Waals surface area contributed by atoms with E-state index in [9.17, 15) is 4.79 Å². The van der Waals surface area contributed by atoms with Crippen LogP contribution in [0.2, 0.25) is 0 Å². The fourth-order valence-electron chi connectivity index (χ4n) is 2.82. The fraction of sp³-hybridized carbons (Fsp3) is 0.375. The minimum atomic E-state index is -0.238. The van der Waals surface area contributed by atoms with Crippen LogP contribution in [0.1, 0.15) is 25.7 Å². The highest BCUT2D eigenvalue weighted by atomic mass is 16.5. The van der Waals surface area contributed by atoms with Gasteiger partial charge in [0.1, 0.15) is 23.4 Å². The van der Waals surface area contributed by atoms with E-state index in [4.69, 9.17) is 4.74 Å². The maximum Gasteiger partial charge on any atom is 0.262 e. The Morgan fingerprint density at radius 2 is 2.00 bits per heavy atom. The lowest BCUT2D eigenvalue weighted by Crippen LogP contribution is -2.31. The summed E-state index contributed by atoms with van der Waals surface area (Å²) in [7, 11) is 3.39. The first kappa shape index (κ1) is 15.2. The highest BCUT2D eigenvalue weighted by molar-refractivity contribution is 5.83. The Kier molecular flexibility index (Phi) is 3.85. The van der Waals surface area contributed by atoms with Gasteiger partial charge in [-0.3, -0.25) is 14.0 Å². The van der Waals surface area contributed by atoms with Crippen molar-refractivity contribution in [3.63, 3.8) is 0 Å². The van der Waals surface area contributed by atoms with Gasteiger partial charge in [-0.2, -0.15) is 5.10 Å². The zero-order valence-corrected chi connectivity index (χ0v) is 13.6. The second-order valence-corrected chi connectivity index (χ2v) is 5.74. The first-order valence-electron chi connectivity index (χ1n) is 7.42. The normalized spacial score (nSPS) is 12.7. The zero-order valence-electron chi connectivity index (χ0n) is 13.6. The lowest BCUT2D eigenvalue weighted by Gasteiger charge is -2.22. The lowest BCUT2D eigenvalue weighted by atomic mass is 10.0. The van der Waals surface area contributed by atoms with Crippen LogP contribution < -0.4 is 10.3 Å². The summed E-state index contributed by atoms with van der Waals surface area (Å²) in [5.74, 6) is 1.47. The number of methoxy groups -OCH3 is 1. The Hall–Kier alpha value is -2.70. The van der Waals surface area contributed by atoms with E-state index in [1.807, 2.05) is 20.9 Å². The molecule has 0 saturated carbocycles. The van der Waals surface area contributed by atoms with Crippen molar-refractivity contribution in [3.8, 4) is 5.75 Å². The smallest absolute Gasteiger partial charge is 0.262 e. The highest BCUT2D eigenvalue weighted by Gasteiger charge is 2.24. The monoisotopic (exact) mass is 313 g/mol. The molecule has 23 heavy (non-hydrogen) atoms. The summed E-state index contributed by atoms with van der Waals surface area (Å²) in [6.07, 6.45) is 3.06. The summed E-state index contributed by atoms with van der Waals surface area (Å²) in [5.41, 5.74) is 0.451. The molecule has 0 aliphatic heterocycles.